The lowest BCUT2D eigenvalue weighted by Gasteiger charge is -2.06. The van der Waals surface area contributed by atoms with E-state index >= 15 is 0 Å². The van der Waals surface area contributed by atoms with E-state index < -0.39 is 5.91 Å². The average Bonchev–Trinajstić information content (AvgIpc) is 3.02. The van der Waals surface area contributed by atoms with Crippen molar-refractivity contribution in [1.29, 1.82) is 0 Å². The molecule has 0 atom stereocenters. The van der Waals surface area contributed by atoms with Gasteiger partial charge >= 0.3 is 0 Å². The van der Waals surface area contributed by atoms with Crippen molar-refractivity contribution in [3.05, 3.63) is 64.8 Å². The number of carbonyl (C=O) groups excluding carboxylic acids is 1. The molecule has 3 N–H and O–H groups in total. The maximum Gasteiger partial charge on any atom is 0.273 e. The summed E-state index contributed by atoms with van der Waals surface area (Å²) in [5, 5.41) is 19.6. The van der Waals surface area contributed by atoms with Crippen LogP contribution in [0.5, 0.6) is 5.75 Å². The Kier molecular flexibility index (Phi) is 4.04. The van der Waals surface area contributed by atoms with Gasteiger partial charge in [0.05, 0.1) is 11.4 Å². The Bertz CT molecular complexity index is 857. The third-order valence-corrected chi connectivity index (χ3v) is 3.61. The van der Waals surface area contributed by atoms with Crippen LogP contribution >= 0.6 is 11.6 Å². The lowest BCUT2D eigenvalue weighted by Crippen LogP contribution is -2.12. The van der Waals surface area contributed by atoms with Crippen molar-refractivity contribution in [2.45, 2.75) is 6.92 Å². The number of anilines is 1. The van der Waals surface area contributed by atoms with Gasteiger partial charge in [0, 0.05) is 10.6 Å². The lowest BCUT2D eigenvalue weighted by molar-refractivity contribution is 0.102. The Morgan fingerprint density at radius 2 is 1.91 bits per heavy atom. The van der Waals surface area contributed by atoms with Gasteiger partial charge in [0.1, 0.15) is 11.4 Å². The fourth-order valence-corrected chi connectivity index (χ4v) is 2.28. The summed E-state index contributed by atoms with van der Waals surface area (Å²) in [6, 6.07) is 13.9. The number of hydrogen-bond donors (Lipinski definition) is 3. The second kappa shape index (κ2) is 6.14. The zero-order chi connectivity index (χ0) is 16.4. The number of aromatic nitrogens is 2. The molecular weight excluding hydrogens is 314 g/mol. The van der Waals surface area contributed by atoms with E-state index in [1.165, 1.54) is 18.2 Å². The van der Waals surface area contributed by atoms with Gasteiger partial charge in [-0.15, -0.1) is 0 Å². The van der Waals surface area contributed by atoms with Gasteiger partial charge in [-0.05, 0) is 31.2 Å². The van der Waals surface area contributed by atoms with Crippen LogP contribution < -0.4 is 5.32 Å². The average molecular weight is 328 g/mol. The van der Waals surface area contributed by atoms with Gasteiger partial charge in [-0.25, -0.2) is 0 Å². The molecule has 0 aliphatic rings. The summed E-state index contributed by atoms with van der Waals surface area (Å²) in [6.45, 7) is 2.00. The number of hydrogen-bond acceptors (Lipinski definition) is 3. The Morgan fingerprint density at radius 3 is 2.65 bits per heavy atom. The molecule has 1 amide bonds. The quantitative estimate of drug-likeness (QED) is 0.636. The summed E-state index contributed by atoms with van der Waals surface area (Å²) < 4.78 is 0. The molecule has 0 radical (unpaired) electrons. The summed E-state index contributed by atoms with van der Waals surface area (Å²) in [5.74, 6) is -0.463. The molecule has 116 valence electrons. The third kappa shape index (κ3) is 3.35. The van der Waals surface area contributed by atoms with E-state index in [1.54, 1.807) is 6.07 Å². The van der Waals surface area contributed by atoms with Gasteiger partial charge in [0.2, 0.25) is 0 Å². The van der Waals surface area contributed by atoms with Crippen LogP contribution in [0.4, 0.5) is 5.69 Å². The number of aryl methyl sites for hydroxylation is 1. The molecule has 0 saturated heterocycles. The first kappa shape index (κ1) is 15.1. The Labute approximate surface area is 137 Å². The first-order chi connectivity index (χ1) is 11.0. The number of phenols is 1. The molecule has 1 aromatic heterocycles. The molecule has 3 rings (SSSR count). The molecule has 1 heterocycles. The number of nitrogens with one attached hydrogen (secondary N) is 2. The minimum atomic E-state index is -0.409. The van der Waals surface area contributed by atoms with E-state index in [0.717, 1.165) is 11.1 Å². The van der Waals surface area contributed by atoms with Gasteiger partial charge in [-0.2, -0.15) is 5.10 Å². The molecule has 0 bridgehead atoms. The molecule has 6 heteroatoms. The number of aromatic hydroxyl groups is 1. The van der Waals surface area contributed by atoms with E-state index in [4.69, 9.17) is 11.6 Å². The van der Waals surface area contributed by atoms with Crippen molar-refractivity contribution < 1.29 is 9.90 Å². The summed E-state index contributed by atoms with van der Waals surface area (Å²) >= 11 is 5.86. The first-order valence-corrected chi connectivity index (χ1v) is 7.33. The molecule has 23 heavy (non-hydrogen) atoms. The molecular formula is C17H14ClN3O2. The van der Waals surface area contributed by atoms with Crippen molar-refractivity contribution >= 4 is 23.2 Å². The fraction of sp³-hybridized carbons (Fsp3) is 0.0588. The number of amides is 1. The standard InChI is InChI=1S/C17H14ClN3O2/c1-10-2-4-11(5-3-10)13-9-15(21-20-13)17(23)19-14-8-12(18)6-7-16(14)22/h2-9,22H,1H3,(H,19,23)(H,20,21). The SMILES string of the molecule is Cc1ccc(-c2cc(C(=O)Nc3cc(Cl)ccc3O)[nH]n2)cc1. The minimum Gasteiger partial charge on any atom is -0.506 e. The van der Waals surface area contributed by atoms with Crippen molar-refractivity contribution in [3.63, 3.8) is 0 Å². The van der Waals surface area contributed by atoms with E-state index in [9.17, 15) is 9.90 Å². The molecule has 5 nitrogen and oxygen atoms in total. The largest absolute Gasteiger partial charge is 0.506 e. The number of aromatic amines is 1. The van der Waals surface area contributed by atoms with Crippen LogP contribution in [0.15, 0.2) is 48.5 Å². The Balaban J connectivity index is 1.81. The van der Waals surface area contributed by atoms with Gasteiger partial charge in [-0.3, -0.25) is 9.89 Å². The summed E-state index contributed by atoms with van der Waals surface area (Å²) in [6.07, 6.45) is 0. The van der Waals surface area contributed by atoms with Crippen molar-refractivity contribution in [2.24, 2.45) is 0 Å². The maximum atomic E-state index is 12.2. The fourth-order valence-electron chi connectivity index (χ4n) is 2.11. The monoisotopic (exact) mass is 327 g/mol. The highest BCUT2D eigenvalue weighted by atomic mass is 35.5. The predicted octanol–water partition coefficient (Wildman–Crippen LogP) is 4.00. The molecule has 3 aromatic rings. The van der Waals surface area contributed by atoms with Gasteiger partial charge in [0.25, 0.3) is 5.91 Å². The van der Waals surface area contributed by atoms with Crippen LogP contribution in [0.3, 0.4) is 0 Å². The van der Waals surface area contributed by atoms with E-state index in [2.05, 4.69) is 15.5 Å². The summed E-state index contributed by atoms with van der Waals surface area (Å²) in [5.41, 5.74) is 3.27. The van der Waals surface area contributed by atoms with E-state index in [0.29, 0.717) is 16.4 Å². The molecule has 0 aliphatic heterocycles. The highest BCUT2D eigenvalue weighted by molar-refractivity contribution is 6.31. The van der Waals surface area contributed by atoms with Gasteiger partial charge in [-0.1, -0.05) is 41.4 Å². The Hall–Kier alpha value is -2.79. The molecule has 0 saturated carbocycles. The number of carbonyl (C=O) groups is 1. The van der Waals surface area contributed by atoms with Crippen LogP contribution in [-0.2, 0) is 0 Å². The number of rotatable bonds is 3. The maximum absolute atomic E-state index is 12.2. The van der Waals surface area contributed by atoms with E-state index in [-0.39, 0.29) is 11.4 Å². The van der Waals surface area contributed by atoms with Gasteiger partial charge in [0.15, 0.2) is 0 Å². The zero-order valence-corrected chi connectivity index (χ0v) is 13.1. The molecule has 0 fully saturated rings. The van der Waals surface area contributed by atoms with Crippen LogP contribution in [0.25, 0.3) is 11.3 Å². The normalized spacial score (nSPS) is 10.5. The highest BCUT2D eigenvalue weighted by Crippen LogP contribution is 2.27. The number of H-pyrrole nitrogens is 1. The first-order valence-electron chi connectivity index (χ1n) is 6.95. The van der Waals surface area contributed by atoms with Crippen LogP contribution in [0.1, 0.15) is 16.1 Å². The smallest absolute Gasteiger partial charge is 0.273 e. The predicted molar refractivity (Wildman–Crippen MR) is 89.8 cm³/mol. The molecule has 0 unspecified atom stereocenters. The Morgan fingerprint density at radius 1 is 1.17 bits per heavy atom. The van der Waals surface area contributed by atoms with Crippen molar-refractivity contribution in [3.8, 4) is 17.0 Å². The minimum absolute atomic E-state index is 0.0546. The topological polar surface area (TPSA) is 78.0 Å². The second-order valence-electron chi connectivity index (χ2n) is 5.15. The third-order valence-electron chi connectivity index (χ3n) is 3.38. The molecule has 2 aromatic carbocycles. The number of benzene rings is 2. The highest BCUT2D eigenvalue weighted by Gasteiger charge is 2.13. The lowest BCUT2D eigenvalue weighted by atomic mass is 10.1. The number of halogens is 1. The molecule has 0 aliphatic carbocycles. The van der Waals surface area contributed by atoms with Crippen molar-refractivity contribution in [2.75, 3.05) is 5.32 Å². The molecule has 0 spiro atoms. The van der Waals surface area contributed by atoms with Crippen LogP contribution in [-0.4, -0.2) is 21.2 Å². The van der Waals surface area contributed by atoms with Crippen molar-refractivity contribution in [1.82, 2.24) is 10.2 Å². The van der Waals surface area contributed by atoms with E-state index in [1.807, 2.05) is 31.2 Å². The van der Waals surface area contributed by atoms with Crippen LogP contribution in [0, 0.1) is 6.92 Å². The van der Waals surface area contributed by atoms with Gasteiger partial charge < -0.3 is 10.4 Å². The summed E-state index contributed by atoms with van der Waals surface area (Å²) in [4.78, 5) is 12.2. The number of nitrogens with zero attached hydrogens (tertiary/aromatic N) is 1. The van der Waals surface area contributed by atoms with Crippen LogP contribution in [0.2, 0.25) is 5.02 Å². The summed E-state index contributed by atoms with van der Waals surface area (Å²) in [7, 11) is 0. The second-order valence-corrected chi connectivity index (χ2v) is 5.58. The number of phenolic OH excluding ortho intramolecular Hbond substituents is 1. The zero-order valence-electron chi connectivity index (χ0n) is 12.3.